The van der Waals surface area contributed by atoms with Crippen LogP contribution in [0.5, 0.6) is 0 Å². The quantitative estimate of drug-likeness (QED) is 0.740. The lowest BCUT2D eigenvalue weighted by Gasteiger charge is -2.14. The number of nitrogens with one attached hydrogen (secondary N) is 2. The monoisotopic (exact) mass is 394 g/mol. The van der Waals surface area contributed by atoms with E-state index in [9.17, 15) is 4.79 Å². The standard InChI is InChI=1S/C17H19IN2O/c1-11(2)19-16-7-5-4-6-14(16)17(21)20-13-9-8-12(3)15(18)10-13/h4-11,19H,1-3H3,(H,20,21). The van der Waals surface area contributed by atoms with Crippen LogP contribution in [0, 0.1) is 10.5 Å². The molecule has 4 heteroatoms. The Balaban J connectivity index is 2.22. The predicted octanol–water partition coefficient (Wildman–Crippen LogP) is 4.67. The number of carbonyl (C=O) groups excluding carboxylic acids is 1. The van der Waals surface area contributed by atoms with Gasteiger partial charge in [-0.15, -0.1) is 0 Å². The molecule has 2 aromatic carbocycles. The number of hydrogen-bond donors (Lipinski definition) is 2. The maximum atomic E-state index is 12.5. The Morgan fingerprint density at radius 2 is 1.86 bits per heavy atom. The van der Waals surface area contributed by atoms with E-state index in [0.717, 1.165) is 14.9 Å². The first-order valence-corrected chi connectivity index (χ1v) is 7.98. The number of amides is 1. The predicted molar refractivity (Wildman–Crippen MR) is 97.0 cm³/mol. The Morgan fingerprint density at radius 3 is 2.52 bits per heavy atom. The molecule has 0 aromatic heterocycles. The van der Waals surface area contributed by atoms with E-state index in [4.69, 9.17) is 0 Å². The number of carbonyl (C=O) groups is 1. The molecule has 0 saturated heterocycles. The van der Waals surface area contributed by atoms with Crippen molar-refractivity contribution in [2.45, 2.75) is 26.8 Å². The molecule has 0 spiro atoms. The lowest BCUT2D eigenvalue weighted by Crippen LogP contribution is -2.17. The van der Waals surface area contributed by atoms with Gasteiger partial charge in [0.2, 0.25) is 0 Å². The van der Waals surface area contributed by atoms with Crippen LogP contribution in [0.4, 0.5) is 11.4 Å². The second kappa shape index (κ2) is 6.93. The highest BCUT2D eigenvalue weighted by molar-refractivity contribution is 14.1. The number of hydrogen-bond acceptors (Lipinski definition) is 2. The summed E-state index contributed by atoms with van der Waals surface area (Å²) in [6.45, 7) is 6.16. The average molecular weight is 394 g/mol. The van der Waals surface area contributed by atoms with Gasteiger partial charge in [-0.1, -0.05) is 18.2 Å². The third-order valence-electron chi connectivity index (χ3n) is 3.05. The molecule has 110 valence electrons. The van der Waals surface area contributed by atoms with E-state index in [0.29, 0.717) is 5.56 Å². The minimum atomic E-state index is -0.0987. The number of rotatable bonds is 4. The highest BCUT2D eigenvalue weighted by Gasteiger charge is 2.12. The number of halogens is 1. The van der Waals surface area contributed by atoms with Crippen molar-refractivity contribution in [3.63, 3.8) is 0 Å². The van der Waals surface area contributed by atoms with Crippen LogP contribution >= 0.6 is 22.6 Å². The minimum Gasteiger partial charge on any atom is -0.382 e. The van der Waals surface area contributed by atoms with Gasteiger partial charge in [-0.25, -0.2) is 0 Å². The van der Waals surface area contributed by atoms with Crippen molar-refractivity contribution in [2.24, 2.45) is 0 Å². The van der Waals surface area contributed by atoms with E-state index in [-0.39, 0.29) is 11.9 Å². The van der Waals surface area contributed by atoms with Gasteiger partial charge in [0.05, 0.1) is 5.56 Å². The minimum absolute atomic E-state index is 0.0987. The summed E-state index contributed by atoms with van der Waals surface area (Å²) < 4.78 is 1.14. The van der Waals surface area contributed by atoms with E-state index in [1.165, 1.54) is 5.56 Å². The molecule has 0 saturated carbocycles. The molecule has 21 heavy (non-hydrogen) atoms. The zero-order valence-electron chi connectivity index (χ0n) is 12.4. The van der Waals surface area contributed by atoms with Gasteiger partial charge >= 0.3 is 0 Å². The first kappa shape index (κ1) is 15.8. The maximum absolute atomic E-state index is 12.5. The second-order valence-corrected chi connectivity index (χ2v) is 6.42. The van der Waals surface area contributed by atoms with Gasteiger partial charge in [0.1, 0.15) is 0 Å². The largest absolute Gasteiger partial charge is 0.382 e. The molecular weight excluding hydrogens is 375 g/mol. The molecule has 0 aliphatic heterocycles. The topological polar surface area (TPSA) is 41.1 Å². The van der Waals surface area contributed by atoms with Crippen LogP contribution in [-0.2, 0) is 0 Å². The Hall–Kier alpha value is -1.56. The summed E-state index contributed by atoms with van der Waals surface area (Å²) in [5.74, 6) is -0.0987. The van der Waals surface area contributed by atoms with Crippen LogP contribution in [-0.4, -0.2) is 11.9 Å². The molecule has 1 amide bonds. The molecule has 2 N–H and O–H groups in total. The first-order valence-electron chi connectivity index (χ1n) is 6.90. The number of benzene rings is 2. The third-order valence-corrected chi connectivity index (χ3v) is 4.21. The van der Waals surface area contributed by atoms with E-state index in [1.54, 1.807) is 0 Å². The van der Waals surface area contributed by atoms with Crippen molar-refractivity contribution in [3.8, 4) is 0 Å². The van der Waals surface area contributed by atoms with E-state index < -0.39 is 0 Å². The lowest BCUT2D eigenvalue weighted by atomic mass is 10.1. The summed E-state index contributed by atoms with van der Waals surface area (Å²) in [4.78, 5) is 12.5. The van der Waals surface area contributed by atoms with Crippen molar-refractivity contribution < 1.29 is 4.79 Å². The van der Waals surface area contributed by atoms with Crippen LogP contribution in [0.15, 0.2) is 42.5 Å². The highest BCUT2D eigenvalue weighted by Crippen LogP contribution is 2.20. The smallest absolute Gasteiger partial charge is 0.257 e. The van der Waals surface area contributed by atoms with E-state index in [1.807, 2.05) is 42.5 Å². The van der Waals surface area contributed by atoms with Crippen LogP contribution in [0.3, 0.4) is 0 Å². The number of anilines is 2. The summed E-state index contributed by atoms with van der Waals surface area (Å²) in [5.41, 5.74) is 3.53. The maximum Gasteiger partial charge on any atom is 0.257 e. The van der Waals surface area contributed by atoms with E-state index >= 15 is 0 Å². The van der Waals surface area contributed by atoms with Crippen molar-refractivity contribution in [3.05, 3.63) is 57.2 Å². The summed E-state index contributed by atoms with van der Waals surface area (Å²) in [6, 6.07) is 13.7. The van der Waals surface area contributed by atoms with Crippen LogP contribution in [0.2, 0.25) is 0 Å². The Bertz CT molecular complexity index is 653. The molecule has 0 heterocycles. The molecule has 0 atom stereocenters. The SMILES string of the molecule is Cc1ccc(NC(=O)c2ccccc2NC(C)C)cc1I. The Kier molecular flexibility index (Phi) is 5.22. The zero-order valence-corrected chi connectivity index (χ0v) is 14.6. The van der Waals surface area contributed by atoms with Gasteiger partial charge in [-0.05, 0) is 73.2 Å². The molecule has 2 rings (SSSR count). The van der Waals surface area contributed by atoms with Crippen molar-refractivity contribution in [1.29, 1.82) is 0 Å². The lowest BCUT2D eigenvalue weighted by molar-refractivity contribution is 0.102. The molecule has 0 unspecified atom stereocenters. The van der Waals surface area contributed by atoms with Gasteiger partial charge in [-0.3, -0.25) is 4.79 Å². The number of para-hydroxylation sites is 1. The fourth-order valence-electron chi connectivity index (χ4n) is 1.99. The second-order valence-electron chi connectivity index (χ2n) is 5.26. The Labute approximate surface area is 139 Å². The van der Waals surface area contributed by atoms with Crippen LogP contribution in [0.1, 0.15) is 29.8 Å². The van der Waals surface area contributed by atoms with Crippen molar-refractivity contribution >= 4 is 39.9 Å². The Morgan fingerprint density at radius 1 is 1.14 bits per heavy atom. The van der Waals surface area contributed by atoms with Crippen LogP contribution in [0.25, 0.3) is 0 Å². The summed E-state index contributed by atoms with van der Waals surface area (Å²) in [7, 11) is 0. The van der Waals surface area contributed by atoms with Gasteiger partial charge in [0, 0.05) is 21.0 Å². The fourth-order valence-corrected chi connectivity index (χ4v) is 2.50. The number of aryl methyl sites for hydroxylation is 1. The third kappa shape index (κ3) is 4.20. The highest BCUT2D eigenvalue weighted by atomic mass is 127. The first-order chi connectivity index (χ1) is 9.97. The normalized spacial score (nSPS) is 10.5. The van der Waals surface area contributed by atoms with Crippen LogP contribution < -0.4 is 10.6 Å². The van der Waals surface area contributed by atoms with Gasteiger partial charge in [0.25, 0.3) is 5.91 Å². The summed E-state index contributed by atoms with van der Waals surface area (Å²) >= 11 is 2.27. The molecular formula is C17H19IN2O. The van der Waals surface area contributed by atoms with Gasteiger partial charge < -0.3 is 10.6 Å². The molecule has 0 radical (unpaired) electrons. The average Bonchev–Trinajstić information content (AvgIpc) is 2.43. The van der Waals surface area contributed by atoms with Crippen molar-refractivity contribution in [2.75, 3.05) is 10.6 Å². The summed E-state index contributed by atoms with van der Waals surface area (Å²) in [5, 5.41) is 6.25. The zero-order chi connectivity index (χ0) is 15.4. The molecule has 2 aromatic rings. The molecule has 0 aliphatic carbocycles. The molecule has 0 fully saturated rings. The van der Waals surface area contributed by atoms with Crippen molar-refractivity contribution in [1.82, 2.24) is 0 Å². The molecule has 3 nitrogen and oxygen atoms in total. The molecule has 0 aliphatic rings. The summed E-state index contributed by atoms with van der Waals surface area (Å²) in [6.07, 6.45) is 0. The van der Waals surface area contributed by atoms with E-state index in [2.05, 4.69) is 54.0 Å². The fraction of sp³-hybridized carbons (Fsp3) is 0.235. The van der Waals surface area contributed by atoms with Gasteiger partial charge in [0.15, 0.2) is 0 Å². The molecule has 0 bridgehead atoms. The van der Waals surface area contributed by atoms with Gasteiger partial charge in [-0.2, -0.15) is 0 Å².